The molecule has 1 saturated heterocycles. The largest absolute Gasteiger partial charge is 0.356 e. The molecule has 0 spiro atoms. The number of aromatic amines is 1. The first-order chi connectivity index (χ1) is 8.75. The number of halogens is 1. The van der Waals surface area contributed by atoms with Crippen LogP contribution in [0.4, 0.5) is 0 Å². The zero-order valence-electron chi connectivity index (χ0n) is 10.5. The van der Waals surface area contributed by atoms with Crippen LogP contribution in [0.1, 0.15) is 36.2 Å². The van der Waals surface area contributed by atoms with Crippen LogP contribution in [-0.2, 0) is 0 Å². The number of aromatic nitrogens is 1. The average molecular weight is 270 g/mol. The number of H-pyrrole nitrogens is 1. The van der Waals surface area contributed by atoms with E-state index < -0.39 is 0 Å². The van der Waals surface area contributed by atoms with E-state index in [0.29, 0.717) is 17.3 Å². The lowest BCUT2D eigenvalue weighted by atomic mass is 10.1. The number of nitrogens with zero attached hydrogens (tertiary/aromatic N) is 1. The van der Waals surface area contributed by atoms with Gasteiger partial charge in [-0.25, -0.2) is 0 Å². The van der Waals surface area contributed by atoms with Gasteiger partial charge in [-0.2, -0.15) is 0 Å². The van der Waals surface area contributed by atoms with Gasteiger partial charge >= 0.3 is 0 Å². The summed E-state index contributed by atoms with van der Waals surface area (Å²) in [6.07, 6.45) is 6.60. The Bertz CT molecular complexity index is 385. The predicted molar refractivity (Wildman–Crippen MR) is 73.0 cm³/mol. The third-order valence-corrected chi connectivity index (χ3v) is 3.50. The minimum Gasteiger partial charge on any atom is -0.356 e. The Labute approximate surface area is 113 Å². The second kappa shape index (κ2) is 6.81. The Balaban J connectivity index is 1.61. The minimum atomic E-state index is -0.0828. The van der Waals surface area contributed by atoms with Crippen molar-refractivity contribution in [2.45, 2.75) is 25.7 Å². The molecule has 0 aliphatic carbocycles. The molecule has 18 heavy (non-hydrogen) atoms. The van der Waals surface area contributed by atoms with E-state index in [0.717, 1.165) is 13.0 Å². The van der Waals surface area contributed by atoms with Crippen LogP contribution in [-0.4, -0.2) is 42.0 Å². The monoisotopic (exact) mass is 269 g/mol. The zero-order valence-corrected chi connectivity index (χ0v) is 11.3. The maximum atomic E-state index is 11.7. The molecule has 1 aliphatic rings. The van der Waals surface area contributed by atoms with Crippen molar-refractivity contribution in [3.05, 3.63) is 23.0 Å². The maximum Gasteiger partial charge on any atom is 0.267 e. The van der Waals surface area contributed by atoms with Crippen molar-refractivity contribution in [1.82, 2.24) is 15.2 Å². The number of piperidine rings is 1. The van der Waals surface area contributed by atoms with E-state index in [-0.39, 0.29) is 5.91 Å². The SMILES string of the molecule is O=C(NCCCN1CCCCC1)c1cc(Cl)c[nH]1. The van der Waals surface area contributed by atoms with Gasteiger partial charge in [0, 0.05) is 12.7 Å². The van der Waals surface area contributed by atoms with Gasteiger partial charge in [-0.05, 0) is 45.0 Å². The molecule has 1 fully saturated rings. The first kappa shape index (κ1) is 13.4. The lowest BCUT2D eigenvalue weighted by Gasteiger charge is -2.26. The van der Waals surface area contributed by atoms with E-state index in [4.69, 9.17) is 11.6 Å². The predicted octanol–water partition coefficient (Wildman–Crippen LogP) is 2.27. The van der Waals surface area contributed by atoms with Crippen molar-refractivity contribution in [2.75, 3.05) is 26.2 Å². The molecular formula is C13H20ClN3O. The van der Waals surface area contributed by atoms with Gasteiger partial charge in [0.2, 0.25) is 0 Å². The van der Waals surface area contributed by atoms with Crippen LogP contribution < -0.4 is 5.32 Å². The summed E-state index contributed by atoms with van der Waals surface area (Å²) < 4.78 is 0. The summed E-state index contributed by atoms with van der Waals surface area (Å²) in [6.45, 7) is 4.21. The van der Waals surface area contributed by atoms with Crippen LogP contribution in [0.2, 0.25) is 5.02 Å². The van der Waals surface area contributed by atoms with Crippen LogP contribution >= 0.6 is 11.6 Å². The number of amides is 1. The molecule has 1 aromatic heterocycles. The Morgan fingerprint density at radius 1 is 1.39 bits per heavy atom. The molecule has 1 amide bonds. The summed E-state index contributed by atoms with van der Waals surface area (Å²) in [5, 5.41) is 3.46. The van der Waals surface area contributed by atoms with Crippen molar-refractivity contribution in [3.63, 3.8) is 0 Å². The van der Waals surface area contributed by atoms with Crippen LogP contribution in [0.3, 0.4) is 0 Å². The smallest absolute Gasteiger partial charge is 0.267 e. The van der Waals surface area contributed by atoms with Gasteiger partial charge in [0.1, 0.15) is 5.69 Å². The third-order valence-electron chi connectivity index (χ3n) is 3.28. The summed E-state index contributed by atoms with van der Waals surface area (Å²) in [6, 6.07) is 1.64. The molecule has 0 unspecified atom stereocenters. The molecule has 2 N–H and O–H groups in total. The van der Waals surface area contributed by atoms with E-state index in [1.165, 1.54) is 32.4 Å². The minimum absolute atomic E-state index is 0.0828. The highest BCUT2D eigenvalue weighted by molar-refractivity contribution is 6.30. The van der Waals surface area contributed by atoms with E-state index >= 15 is 0 Å². The van der Waals surface area contributed by atoms with Crippen LogP contribution in [0, 0.1) is 0 Å². The topological polar surface area (TPSA) is 48.1 Å². The fourth-order valence-electron chi connectivity index (χ4n) is 2.28. The molecule has 0 bridgehead atoms. The second-order valence-electron chi connectivity index (χ2n) is 4.74. The normalized spacial score (nSPS) is 16.7. The molecule has 1 aliphatic heterocycles. The molecule has 2 rings (SSSR count). The summed E-state index contributed by atoms with van der Waals surface area (Å²) in [5.74, 6) is -0.0828. The number of carbonyl (C=O) groups excluding carboxylic acids is 1. The molecule has 0 saturated carbocycles. The van der Waals surface area contributed by atoms with Gasteiger partial charge < -0.3 is 15.2 Å². The third kappa shape index (κ3) is 4.03. The number of rotatable bonds is 5. The highest BCUT2D eigenvalue weighted by Crippen LogP contribution is 2.10. The van der Waals surface area contributed by atoms with Gasteiger partial charge in [0.25, 0.3) is 5.91 Å². The Morgan fingerprint density at radius 3 is 2.83 bits per heavy atom. The Morgan fingerprint density at radius 2 is 2.17 bits per heavy atom. The molecule has 1 aromatic rings. The quantitative estimate of drug-likeness (QED) is 0.806. The summed E-state index contributed by atoms with van der Waals surface area (Å²) in [7, 11) is 0. The molecule has 2 heterocycles. The van der Waals surface area contributed by atoms with Crippen molar-refractivity contribution in [3.8, 4) is 0 Å². The molecular weight excluding hydrogens is 250 g/mol. The van der Waals surface area contributed by atoms with E-state index in [9.17, 15) is 4.79 Å². The van der Waals surface area contributed by atoms with E-state index in [2.05, 4.69) is 15.2 Å². The van der Waals surface area contributed by atoms with Crippen molar-refractivity contribution >= 4 is 17.5 Å². The maximum absolute atomic E-state index is 11.7. The first-order valence-electron chi connectivity index (χ1n) is 6.60. The van der Waals surface area contributed by atoms with Gasteiger partial charge in [-0.3, -0.25) is 4.79 Å². The lowest BCUT2D eigenvalue weighted by molar-refractivity contribution is 0.0946. The number of hydrogen-bond acceptors (Lipinski definition) is 2. The standard InChI is InChI=1S/C13H20ClN3O/c14-11-9-12(16-10-11)13(18)15-5-4-8-17-6-2-1-3-7-17/h9-10,16H,1-8H2,(H,15,18). The van der Waals surface area contributed by atoms with Gasteiger partial charge in [-0.15, -0.1) is 0 Å². The van der Waals surface area contributed by atoms with Gasteiger partial charge in [-0.1, -0.05) is 18.0 Å². The highest BCUT2D eigenvalue weighted by atomic mass is 35.5. The molecule has 100 valence electrons. The molecule has 0 aromatic carbocycles. The lowest BCUT2D eigenvalue weighted by Crippen LogP contribution is -2.33. The second-order valence-corrected chi connectivity index (χ2v) is 5.18. The average Bonchev–Trinajstić information content (AvgIpc) is 2.82. The van der Waals surface area contributed by atoms with Crippen molar-refractivity contribution in [1.29, 1.82) is 0 Å². The van der Waals surface area contributed by atoms with Gasteiger partial charge in [0.05, 0.1) is 5.02 Å². The number of carbonyl (C=O) groups is 1. The fourth-order valence-corrected chi connectivity index (χ4v) is 2.45. The summed E-state index contributed by atoms with van der Waals surface area (Å²) >= 11 is 5.75. The molecule has 0 atom stereocenters. The molecule has 0 radical (unpaired) electrons. The summed E-state index contributed by atoms with van der Waals surface area (Å²) in [5.41, 5.74) is 0.526. The molecule has 4 nitrogen and oxygen atoms in total. The first-order valence-corrected chi connectivity index (χ1v) is 6.98. The Kier molecular flexibility index (Phi) is 5.08. The van der Waals surface area contributed by atoms with Crippen LogP contribution in [0.5, 0.6) is 0 Å². The van der Waals surface area contributed by atoms with Crippen LogP contribution in [0.25, 0.3) is 0 Å². The number of nitrogens with one attached hydrogen (secondary N) is 2. The van der Waals surface area contributed by atoms with Gasteiger partial charge in [0.15, 0.2) is 0 Å². The Hall–Kier alpha value is -1.00. The molecule has 5 heteroatoms. The number of likely N-dealkylation sites (tertiary alicyclic amines) is 1. The zero-order chi connectivity index (χ0) is 12.8. The van der Waals surface area contributed by atoms with E-state index in [1.54, 1.807) is 12.3 Å². The highest BCUT2D eigenvalue weighted by Gasteiger charge is 2.10. The van der Waals surface area contributed by atoms with Crippen molar-refractivity contribution in [2.24, 2.45) is 0 Å². The van der Waals surface area contributed by atoms with Crippen molar-refractivity contribution < 1.29 is 4.79 Å². The van der Waals surface area contributed by atoms with Crippen LogP contribution in [0.15, 0.2) is 12.3 Å². The summed E-state index contributed by atoms with van der Waals surface area (Å²) in [4.78, 5) is 17.0. The van der Waals surface area contributed by atoms with E-state index in [1.807, 2.05) is 0 Å². The fraction of sp³-hybridized carbons (Fsp3) is 0.615. The number of hydrogen-bond donors (Lipinski definition) is 2.